The van der Waals surface area contributed by atoms with Gasteiger partial charge in [0, 0.05) is 32.6 Å². The van der Waals surface area contributed by atoms with Crippen LogP contribution in [0.25, 0.3) is 34.2 Å². The number of halogens is 2. The molecule has 0 saturated heterocycles. The molecule has 142 valence electrons. The van der Waals surface area contributed by atoms with E-state index in [1.54, 1.807) is 30.3 Å². The Hall–Kier alpha value is -2.84. The normalized spacial score (nSPS) is 11.4. The smallest absolute Gasteiger partial charge is 0.134 e. The van der Waals surface area contributed by atoms with Crippen molar-refractivity contribution in [1.82, 2.24) is 4.98 Å². The highest BCUT2D eigenvalue weighted by molar-refractivity contribution is 7.11. The zero-order valence-electron chi connectivity index (χ0n) is 15.3. The second kappa shape index (κ2) is 8.26. The molecule has 6 heteroatoms. The molecule has 0 aliphatic rings. The second-order valence-corrected chi connectivity index (χ2v) is 8.16. The number of hydrogen-bond donors (Lipinski definition) is 0. The number of aryl methyl sites for hydroxylation is 1. The number of benzene rings is 2. The number of thiazole rings is 1. The molecule has 29 heavy (non-hydrogen) atoms. The lowest BCUT2D eigenvalue weighted by Gasteiger charge is -1.99. The van der Waals surface area contributed by atoms with E-state index in [9.17, 15) is 5.26 Å². The molecule has 2 heterocycles. The summed E-state index contributed by atoms with van der Waals surface area (Å²) in [5.74, 6) is 1.18. The van der Waals surface area contributed by atoms with Crippen LogP contribution in [-0.4, -0.2) is 4.98 Å². The van der Waals surface area contributed by atoms with Gasteiger partial charge in [-0.15, -0.1) is 11.3 Å². The molecule has 0 aliphatic heterocycles. The van der Waals surface area contributed by atoms with E-state index >= 15 is 0 Å². The number of rotatable bonds is 4. The number of furan rings is 1. The minimum atomic E-state index is 0.443. The monoisotopic (exact) mass is 436 g/mol. The standard InChI is InChI=1S/C23H14Cl2N2OS/c1-14-2-4-15(5-3-14)21-13-29-23(27-21)17(12-26)10-20-6-7-22(28-20)16-8-18(24)11-19(25)9-16/h2-11,13H,1H3/b17-10+. The van der Waals surface area contributed by atoms with Crippen LogP contribution in [0.2, 0.25) is 10.0 Å². The van der Waals surface area contributed by atoms with Crippen LogP contribution in [0.5, 0.6) is 0 Å². The van der Waals surface area contributed by atoms with Gasteiger partial charge >= 0.3 is 0 Å². The van der Waals surface area contributed by atoms with Crippen LogP contribution in [0, 0.1) is 18.3 Å². The molecule has 0 unspecified atom stereocenters. The molecule has 2 aromatic carbocycles. The van der Waals surface area contributed by atoms with Gasteiger partial charge in [0.05, 0.1) is 11.3 Å². The van der Waals surface area contributed by atoms with Crippen LogP contribution in [0.3, 0.4) is 0 Å². The molecule has 4 rings (SSSR count). The number of aromatic nitrogens is 1. The number of hydrogen-bond acceptors (Lipinski definition) is 4. The van der Waals surface area contributed by atoms with Gasteiger partial charge in [-0.05, 0) is 37.3 Å². The summed E-state index contributed by atoms with van der Waals surface area (Å²) in [5.41, 5.74) is 4.28. The molecule has 0 saturated carbocycles. The van der Waals surface area contributed by atoms with Crippen molar-refractivity contribution in [1.29, 1.82) is 5.26 Å². The Bertz CT molecular complexity index is 1230. The quantitative estimate of drug-likeness (QED) is 0.307. The van der Waals surface area contributed by atoms with Gasteiger partial charge in [-0.1, -0.05) is 53.0 Å². The Balaban J connectivity index is 1.63. The van der Waals surface area contributed by atoms with E-state index < -0.39 is 0 Å². The topological polar surface area (TPSA) is 49.8 Å². The number of allylic oxidation sites excluding steroid dienone is 1. The van der Waals surface area contributed by atoms with Gasteiger partial charge in [0.1, 0.15) is 22.6 Å². The van der Waals surface area contributed by atoms with Crippen LogP contribution in [0.1, 0.15) is 16.3 Å². The van der Waals surface area contributed by atoms with E-state index in [2.05, 4.69) is 11.1 Å². The summed E-state index contributed by atoms with van der Waals surface area (Å²) in [4.78, 5) is 4.62. The van der Waals surface area contributed by atoms with Crippen molar-refractivity contribution < 1.29 is 4.42 Å². The van der Waals surface area contributed by atoms with Gasteiger partial charge in [0.2, 0.25) is 0 Å². The highest BCUT2D eigenvalue weighted by Gasteiger charge is 2.11. The van der Waals surface area contributed by atoms with Crippen molar-refractivity contribution in [3.8, 4) is 28.7 Å². The third-order valence-electron chi connectivity index (χ3n) is 4.26. The summed E-state index contributed by atoms with van der Waals surface area (Å²) < 4.78 is 5.87. The van der Waals surface area contributed by atoms with E-state index in [1.807, 2.05) is 42.6 Å². The lowest BCUT2D eigenvalue weighted by molar-refractivity contribution is 0.572. The predicted molar refractivity (Wildman–Crippen MR) is 120 cm³/mol. The van der Waals surface area contributed by atoms with Crippen LogP contribution >= 0.6 is 34.5 Å². The third-order valence-corrected chi connectivity index (χ3v) is 5.57. The van der Waals surface area contributed by atoms with Gasteiger partial charge in [0.15, 0.2) is 0 Å². The van der Waals surface area contributed by atoms with E-state index in [0.29, 0.717) is 32.1 Å². The number of nitrogens with zero attached hydrogens (tertiary/aromatic N) is 2. The maximum atomic E-state index is 9.63. The highest BCUT2D eigenvalue weighted by Crippen LogP contribution is 2.31. The minimum absolute atomic E-state index is 0.443. The van der Waals surface area contributed by atoms with E-state index in [0.717, 1.165) is 16.8 Å². The first-order valence-corrected chi connectivity index (χ1v) is 10.4. The molecule has 0 atom stereocenters. The fourth-order valence-electron chi connectivity index (χ4n) is 2.82. The molecule has 0 fully saturated rings. The SMILES string of the molecule is Cc1ccc(-c2csc(/C(C#N)=C/c3ccc(-c4cc(Cl)cc(Cl)c4)o3)n2)cc1. The maximum Gasteiger partial charge on any atom is 0.134 e. The van der Waals surface area contributed by atoms with Gasteiger partial charge < -0.3 is 4.42 Å². The molecule has 0 spiro atoms. The zero-order valence-corrected chi connectivity index (χ0v) is 17.6. The second-order valence-electron chi connectivity index (χ2n) is 6.43. The van der Waals surface area contributed by atoms with Gasteiger partial charge in [-0.3, -0.25) is 0 Å². The molecular formula is C23H14Cl2N2OS. The molecule has 0 radical (unpaired) electrons. The largest absolute Gasteiger partial charge is 0.457 e. The molecule has 0 aliphatic carbocycles. The molecule has 3 nitrogen and oxygen atoms in total. The van der Waals surface area contributed by atoms with Gasteiger partial charge in [-0.2, -0.15) is 5.26 Å². The van der Waals surface area contributed by atoms with Crippen molar-refractivity contribution in [2.45, 2.75) is 6.92 Å². The first kappa shape index (κ1) is 19.5. The Labute approximate surface area is 182 Å². The molecule has 0 N–H and O–H groups in total. The fraction of sp³-hybridized carbons (Fsp3) is 0.0435. The summed E-state index contributed by atoms with van der Waals surface area (Å²) in [6.07, 6.45) is 1.69. The lowest BCUT2D eigenvalue weighted by Crippen LogP contribution is -1.82. The van der Waals surface area contributed by atoms with Crippen LogP contribution < -0.4 is 0 Å². The van der Waals surface area contributed by atoms with Crippen molar-refractivity contribution in [3.63, 3.8) is 0 Å². The van der Waals surface area contributed by atoms with Crippen molar-refractivity contribution in [3.05, 3.63) is 86.4 Å². The van der Waals surface area contributed by atoms with Crippen molar-refractivity contribution in [2.75, 3.05) is 0 Å². The zero-order chi connectivity index (χ0) is 20.4. The Morgan fingerprint density at radius 3 is 2.45 bits per heavy atom. The Morgan fingerprint density at radius 1 is 1.03 bits per heavy atom. The van der Waals surface area contributed by atoms with Crippen molar-refractivity contribution in [2.24, 2.45) is 0 Å². The molecule has 4 aromatic rings. The number of nitriles is 1. The van der Waals surface area contributed by atoms with Crippen LogP contribution in [0.4, 0.5) is 0 Å². The van der Waals surface area contributed by atoms with E-state index in [1.165, 1.54) is 16.9 Å². The summed E-state index contributed by atoms with van der Waals surface area (Å²) in [5, 5.41) is 13.3. The van der Waals surface area contributed by atoms with Crippen LogP contribution in [-0.2, 0) is 0 Å². The van der Waals surface area contributed by atoms with E-state index in [4.69, 9.17) is 27.6 Å². The van der Waals surface area contributed by atoms with E-state index in [-0.39, 0.29) is 0 Å². The predicted octanol–water partition coefficient (Wildman–Crippen LogP) is 7.75. The van der Waals surface area contributed by atoms with Gasteiger partial charge in [-0.25, -0.2) is 4.98 Å². The average Bonchev–Trinajstić information content (AvgIpc) is 3.36. The molecule has 0 amide bonds. The highest BCUT2D eigenvalue weighted by atomic mass is 35.5. The Morgan fingerprint density at radius 2 is 1.76 bits per heavy atom. The van der Waals surface area contributed by atoms with Crippen LogP contribution in [0.15, 0.2) is 64.4 Å². The Kier molecular flexibility index (Phi) is 5.55. The maximum absolute atomic E-state index is 9.63. The third kappa shape index (κ3) is 4.44. The first-order valence-electron chi connectivity index (χ1n) is 8.73. The summed E-state index contributed by atoms with van der Waals surface area (Å²) in [6.45, 7) is 2.04. The first-order chi connectivity index (χ1) is 14.0. The summed E-state index contributed by atoms with van der Waals surface area (Å²) >= 11 is 13.6. The van der Waals surface area contributed by atoms with Gasteiger partial charge in [0.25, 0.3) is 0 Å². The molecule has 0 bridgehead atoms. The van der Waals surface area contributed by atoms with Crippen molar-refractivity contribution >= 4 is 46.2 Å². The molecule has 2 aromatic heterocycles. The fourth-order valence-corrected chi connectivity index (χ4v) is 4.14. The summed E-state index contributed by atoms with van der Waals surface area (Å²) in [7, 11) is 0. The average molecular weight is 437 g/mol. The molecular weight excluding hydrogens is 423 g/mol. The summed E-state index contributed by atoms with van der Waals surface area (Å²) in [6, 6.07) is 19.2. The lowest BCUT2D eigenvalue weighted by atomic mass is 10.1. The minimum Gasteiger partial charge on any atom is -0.457 e.